The van der Waals surface area contributed by atoms with Crippen molar-refractivity contribution in [2.45, 2.75) is 24.6 Å². The van der Waals surface area contributed by atoms with Gasteiger partial charge in [-0.3, -0.25) is 14.5 Å². The summed E-state index contributed by atoms with van der Waals surface area (Å²) in [6.45, 7) is -0.120. The third-order valence-electron chi connectivity index (χ3n) is 6.37. The molecule has 192 valence electrons. The van der Waals surface area contributed by atoms with Crippen molar-refractivity contribution in [3.63, 3.8) is 0 Å². The molecule has 2 heterocycles. The van der Waals surface area contributed by atoms with Crippen LogP contribution in [0.2, 0.25) is 0 Å². The van der Waals surface area contributed by atoms with Gasteiger partial charge in [-0.05, 0) is 24.3 Å². The van der Waals surface area contributed by atoms with Crippen LogP contribution in [0.1, 0.15) is 29.5 Å². The van der Waals surface area contributed by atoms with Crippen molar-refractivity contribution in [1.29, 1.82) is 0 Å². The van der Waals surface area contributed by atoms with Crippen molar-refractivity contribution in [2.24, 2.45) is 0 Å². The number of amides is 1. The van der Waals surface area contributed by atoms with Gasteiger partial charge in [-0.1, -0.05) is 30.3 Å². The van der Waals surface area contributed by atoms with Crippen LogP contribution in [-0.2, 0) is 9.59 Å². The van der Waals surface area contributed by atoms with E-state index in [0.29, 0.717) is 38.8 Å². The normalized spacial score (nSPS) is 17.8. The molecule has 5 rings (SSSR count). The van der Waals surface area contributed by atoms with E-state index >= 15 is 0 Å². The number of fused-ring (bicyclic) bond motifs is 2. The van der Waals surface area contributed by atoms with E-state index in [9.17, 15) is 22.8 Å². The second-order valence-corrected chi connectivity index (χ2v) is 8.76. The number of nitrogen functional groups attached to an aromatic ring is 1. The number of nitrogens with zero attached hydrogens (tertiary/aromatic N) is 1. The zero-order chi connectivity index (χ0) is 26.3. The lowest BCUT2D eigenvalue weighted by molar-refractivity contribution is -0.171. The van der Waals surface area contributed by atoms with Gasteiger partial charge in [-0.15, -0.1) is 0 Å². The number of para-hydroxylation sites is 3. The Morgan fingerprint density at radius 2 is 1.76 bits per heavy atom. The van der Waals surface area contributed by atoms with Gasteiger partial charge in [-0.25, -0.2) is 0 Å². The van der Waals surface area contributed by atoms with Crippen molar-refractivity contribution in [1.82, 2.24) is 0 Å². The average Bonchev–Trinajstić information content (AvgIpc) is 3.45. The summed E-state index contributed by atoms with van der Waals surface area (Å²) in [5.41, 5.74) is 8.49. The molecule has 0 saturated carbocycles. The van der Waals surface area contributed by atoms with Gasteiger partial charge in [0.25, 0.3) is 0 Å². The Morgan fingerprint density at radius 1 is 1.00 bits per heavy atom. The number of carbonyl (C=O) groups excluding carboxylic acids is 1. The molecule has 0 saturated heterocycles. The first-order valence-electron chi connectivity index (χ1n) is 11.4. The molecular formula is C26H22F3N3O5. The van der Waals surface area contributed by atoms with Gasteiger partial charge in [0.05, 0.1) is 36.1 Å². The summed E-state index contributed by atoms with van der Waals surface area (Å²) in [4.78, 5) is 24.5. The smallest absolute Gasteiger partial charge is 0.471 e. The number of carboxylic acid groups (broad SMARTS) is 1. The van der Waals surface area contributed by atoms with E-state index < -0.39 is 30.0 Å². The second-order valence-electron chi connectivity index (χ2n) is 8.76. The molecule has 0 spiro atoms. The molecule has 3 aromatic rings. The summed E-state index contributed by atoms with van der Waals surface area (Å²) in [5.74, 6) is -2.93. The fourth-order valence-electron chi connectivity index (χ4n) is 4.67. The molecule has 0 aliphatic carbocycles. The standard InChI is InChI=1S/C26H22F3N3O5/c27-26(28,29)25(35)32(15-8-9-16-14(10-23(33)34)12-36-22(16)11-15)21-13-37-24-17(21)4-3-7-20(24)31-19-6-2-1-5-18(19)30/h1-9,11,14,21,31H,10,12-13,30H2,(H,33,34)/t14-,21?/m1/s1. The Hall–Kier alpha value is -4.41. The third kappa shape index (κ3) is 4.59. The highest BCUT2D eigenvalue weighted by Gasteiger charge is 2.48. The number of hydrogen-bond donors (Lipinski definition) is 3. The van der Waals surface area contributed by atoms with Crippen molar-refractivity contribution in [3.05, 3.63) is 71.8 Å². The predicted molar refractivity (Wildman–Crippen MR) is 129 cm³/mol. The largest absolute Gasteiger partial charge is 0.493 e. The fourth-order valence-corrected chi connectivity index (χ4v) is 4.67. The summed E-state index contributed by atoms with van der Waals surface area (Å²) < 4.78 is 52.6. The zero-order valence-corrected chi connectivity index (χ0v) is 19.3. The number of nitrogens with two attached hydrogens (primary N) is 1. The minimum absolute atomic E-state index is 0.0378. The van der Waals surface area contributed by atoms with Crippen LogP contribution in [0, 0.1) is 0 Å². The van der Waals surface area contributed by atoms with E-state index in [-0.39, 0.29) is 31.1 Å². The number of hydrogen-bond acceptors (Lipinski definition) is 6. The number of aliphatic carboxylic acids is 1. The number of carbonyl (C=O) groups is 2. The molecule has 1 amide bonds. The highest BCUT2D eigenvalue weighted by molar-refractivity contribution is 5.98. The lowest BCUT2D eigenvalue weighted by Gasteiger charge is -2.29. The van der Waals surface area contributed by atoms with E-state index in [0.717, 1.165) is 0 Å². The molecule has 2 atom stereocenters. The van der Waals surface area contributed by atoms with Gasteiger partial charge < -0.3 is 25.6 Å². The molecule has 11 heteroatoms. The molecule has 37 heavy (non-hydrogen) atoms. The molecular weight excluding hydrogens is 491 g/mol. The number of anilines is 4. The summed E-state index contributed by atoms with van der Waals surface area (Å²) >= 11 is 0. The lowest BCUT2D eigenvalue weighted by Crippen LogP contribution is -2.44. The maximum Gasteiger partial charge on any atom is 0.471 e. The molecule has 3 aromatic carbocycles. The number of benzene rings is 3. The van der Waals surface area contributed by atoms with Crippen LogP contribution in [0.15, 0.2) is 60.7 Å². The zero-order valence-electron chi connectivity index (χ0n) is 19.3. The number of ether oxygens (including phenoxy) is 2. The minimum Gasteiger partial charge on any atom is -0.493 e. The number of nitrogens with one attached hydrogen (secondary N) is 1. The number of alkyl halides is 3. The molecule has 1 unspecified atom stereocenters. The van der Waals surface area contributed by atoms with Gasteiger partial charge >= 0.3 is 18.1 Å². The quantitative estimate of drug-likeness (QED) is 0.398. The molecule has 0 fully saturated rings. The Kier molecular flexibility index (Phi) is 6.06. The molecule has 2 aliphatic heterocycles. The monoisotopic (exact) mass is 513 g/mol. The van der Waals surface area contributed by atoms with Crippen molar-refractivity contribution in [3.8, 4) is 11.5 Å². The second kappa shape index (κ2) is 9.23. The summed E-state index contributed by atoms with van der Waals surface area (Å²) in [7, 11) is 0. The molecule has 8 nitrogen and oxygen atoms in total. The maximum atomic E-state index is 13.8. The minimum atomic E-state index is -5.15. The fraction of sp³-hybridized carbons (Fsp3) is 0.231. The van der Waals surface area contributed by atoms with Gasteiger partial charge in [-0.2, -0.15) is 13.2 Å². The highest BCUT2D eigenvalue weighted by Crippen LogP contribution is 2.46. The molecule has 0 bridgehead atoms. The van der Waals surface area contributed by atoms with Crippen LogP contribution >= 0.6 is 0 Å². The first-order chi connectivity index (χ1) is 17.6. The van der Waals surface area contributed by atoms with Crippen molar-refractivity contribution < 1.29 is 37.3 Å². The van der Waals surface area contributed by atoms with Gasteiger partial charge in [0.15, 0.2) is 0 Å². The average molecular weight is 513 g/mol. The van der Waals surface area contributed by atoms with Gasteiger partial charge in [0, 0.05) is 28.8 Å². The van der Waals surface area contributed by atoms with Crippen LogP contribution in [-0.4, -0.2) is 36.4 Å². The van der Waals surface area contributed by atoms with E-state index in [2.05, 4.69) is 5.32 Å². The van der Waals surface area contributed by atoms with Gasteiger partial charge in [0.1, 0.15) is 18.1 Å². The Balaban J connectivity index is 1.52. The molecule has 0 radical (unpaired) electrons. The predicted octanol–water partition coefficient (Wildman–Crippen LogP) is 4.99. The summed E-state index contributed by atoms with van der Waals surface area (Å²) in [6.07, 6.45) is -5.33. The first-order valence-corrected chi connectivity index (χ1v) is 11.4. The number of rotatable bonds is 6. The summed E-state index contributed by atoms with van der Waals surface area (Å²) in [6, 6.07) is 15.1. The molecule has 2 aliphatic rings. The third-order valence-corrected chi connectivity index (χ3v) is 6.37. The van der Waals surface area contributed by atoms with Crippen LogP contribution in [0.5, 0.6) is 11.5 Å². The van der Waals surface area contributed by atoms with E-state index in [4.69, 9.17) is 20.3 Å². The highest BCUT2D eigenvalue weighted by atomic mass is 19.4. The lowest BCUT2D eigenvalue weighted by atomic mass is 9.97. The van der Waals surface area contributed by atoms with Crippen molar-refractivity contribution in [2.75, 3.05) is 29.2 Å². The number of halogens is 3. The van der Waals surface area contributed by atoms with E-state index in [1.807, 2.05) is 0 Å². The Labute approximate surface area is 209 Å². The first kappa shape index (κ1) is 24.3. The van der Waals surface area contributed by atoms with E-state index in [1.54, 1.807) is 42.5 Å². The Morgan fingerprint density at radius 3 is 2.49 bits per heavy atom. The van der Waals surface area contributed by atoms with Crippen molar-refractivity contribution >= 4 is 34.6 Å². The molecule has 0 aromatic heterocycles. The van der Waals surface area contributed by atoms with Crippen LogP contribution in [0.3, 0.4) is 0 Å². The van der Waals surface area contributed by atoms with Crippen LogP contribution < -0.4 is 25.4 Å². The van der Waals surface area contributed by atoms with Gasteiger partial charge in [0.2, 0.25) is 0 Å². The summed E-state index contributed by atoms with van der Waals surface area (Å²) in [5, 5.41) is 12.3. The Bertz CT molecular complexity index is 1380. The number of carboxylic acids is 1. The van der Waals surface area contributed by atoms with Crippen LogP contribution in [0.4, 0.5) is 35.9 Å². The SMILES string of the molecule is Nc1ccccc1Nc1cccc2c1OCC2N(C(=O)C(F)(F)F)c1ccc2c(c1)OC[C@H]2CC(=O)O. The molecule has 4 N–H and O–H groups in total. The van der Waals surface area contributed by atoms with Crippen LogP contribution in [0.25, 0.3) is 0 Å². The topological polar surface area (TPSA) is 114 Å². The van der Waals surface area contributed by atoms with E-state index in [1.165, 1.54) is 18.2 Å². The maximum absolute atomic E-state index is 13.8.